The molecular formula is C21H22N2O4. The minimum atomic E-state index is -1.06. The first-order valence-electron chi connectivity index (χ1n) is 8.93. The fourth-order valence-corrected chi connectivity index (χ4v) is 3.41. The van der Waals surface area contributed by atoms with E-state index in [1.165, 1.54) is 6.07 Å². The number of carbonyl (C=O) groups is 3. The van der Waals surface area contributed by atoms with Crippen molar-refractivity contribution in [1.82, 2.24) is 10.2 Å². The van der Waals surface area contributed by atoms with E-state index in [-0.39, 0.29) is 23.4 Å². The van der Waals surface area contributed by atoms with Crippen molar-refractivity contribution in [3.05, 3.63) is 59.7 Å². The first kappa shape index (κ1) is 18.6. The second kappa shape index (κ2) is 7.61. The Balaban J connectivity index is 1.90. The smallest absolute Gasteiger partial charge is 0.336 e. The van der Waals surface area contributed by atoms with E-state index < -0.39 is 12.0 Å². The monoisotopic (exact) mass is 366 g/mol. The van der Waals surface area contributed by atoms with Crippen molar-refractivity contribution in [2.75, 3.05) is 6.54 Å². The molecule has 0 saturated carbocycles. The summed E-state index contributed by atoms with van der Waals surface area (Å²) in [4.78, 5) is 38.6. The van der Waals surface area contributed by atoms with Gasteiger partial charge in [-0.1, -0.05) is 36.4 Å². The van der Waals surface area contributed by atoms with E-state index in [0.717, 1.165) is 0 Å². The lowest BCUT2D eigenvalue weighted by Crippen LogP contribution is -2.43. The van der Waals surface area contributed by atoms with Gasteiger partial charge in [0.2, 0.25) is 5.91 Å². The standard InChI is InChI=1S/C21H22N2O4/c1-13(2)23-12-11-18(20(23)25)22-19(24)16-9-5-3-7-14(16)15-8-4-6-10-17(15)21(26)27/h3-10,13,18H,11-12H2,1-2H3,(H,22,24)(H,26,27). The fourth-order valence-electron chi connectivity index (χ4n) is 3.41. The van der Waals surface area contributed by atoms with Gasteiger partial charge in [0, 0.05) is 18.2 Å². The number of carbonyl (C=O) groups excluding carboxylic acids is 2. The van der Waals surface area contributed by atoms with Gasteiger partial charge in [0.1, 0.15) is 6.04 Å². The van der Waals surface area contributed by atoms with Gasteiger partial charge in [0.05, 0.1) is 5.56 Å². The highest BCUT2D eigenvalue weighted by molar-refractivity contribution is 6.05. The molecule has 1 aliphatic rings. The van der Waals surface area contributed by atoms with Crippen molar-refractivity contribution in [3.63, 3.8) is 0 Å². The predicted molar refractivity (Wildman–Crippen MR) is 102 cm³/mol. The van der Waals surface area contributed by atoms with Crippen LogP contribution in [-0.2, 0) is 4.79 Å². The van der Waals surface area contributed by atoms with Gasteiger partial charge >= 0.3 is 5.97 Å². The second-order valence-corrected chi connectivity index (χ2v) is 6.84. The van der Waals surface area contributed by atoms with E-state index in [1.807, 2.05) is 13.8 Å². The number of nitrogens with one attached hydrogen (secondary N) is 1. The minimum absolute atomic E-state index is 0.0817. The van der Waals surface area contributed by atoms with Crippen LogP contribution in [0.4, 0.5) is 0 Å². The number of hydrogen-bond acceptors (Lipinski definition) is 3. The third-order valence-corrected chi connectivity index (χ3v) is 4.79. The predicted octanol–water partition coefficient (Wildman–Crippen LogP) is 2.79. The Labute approximate surface area is 157 Å². The summed E-state index contributed by atoms with van der Waals surface area (Å²) >= 11 is 0. The molecule has 6 heteroatoms. The fraction of sp³-hybridized carbons (Fsp3) is 0.286. The minimum Gasteiger partial charge on any atom is -0.478 e. The van der Waals surface area contributed by atoms with Gasteiger partial charge in [-0.25, -0.2) is 4.79 Å². The van der Waals surface area contributed by atoms with E-state index in [4.69, 9.17) is 0 Å². The Morgan fingerprint density at radius 2 is 1.59 bits per heavy atom. The molecule has 6 nitrogen and oxygen atoms in total. The van der Waals surface area contributed by atoms with Gasteiger partial charge in [-0.05, 0) is 43.5 Å². The molecule has 1 atom stereocenters. The molecular weight excluding hydrogens is 344 g/mol. The summed E-state index contributed by atoms with van der Waals surface area (Å²) in [6.07, 6.45) is 0.566. The molecule has 1 heterocycles. The van der Waals surface area contributed by atoms with E-state index >= 15 is 0 Å². The summed E-state index contributed by atoms with van der Waals surface area (Å²) in [6, 6.07) is 12.9. The first-order valence-corrected chi connectivity index (χ1v) is 8.93. The van der Waals surface area contributed by atoms with E-state index in [2.05, 4.69) is 5.32 Å². The van der Waals surface area contributed by atoms with Crippen molar-refractivity contribution in [2.24, 2.45) is 0 Å². The molecule has 1 saturated heterocycles. The Kier molecular flexibility index (Phi) is 5.26. The first-order chi connectivity index (χ1) is 12.9. The summed E-state index contributed by atoms with van der Waals surface area (Å²) in [6.45, 7) is 4.51. The number of aromatic carboxylic acids is 1. The molecule has 0 aliphatic carbocycles. The molecule has 0 aromatic heterocycles. The number of carboxylic acid groups (broad SMARTS) is 1. The maximum Gasteiger partial charge on any atom is 0.336 e. The van der Waals surface area contributed by atoms with Gasteiger partial charge in [-0.15, -0.1) is 0 Å². The Bertz CT molecular complexity index is 891. The average molecular weight is 366 g/mol. The highest BCUT2D eigenvalue weighted by Crippen LogP contribution is 2.27. The zero-order valence-electron chi connectivity index (χ0n) is 15.3. The zero-order valence-corrected chi connectivity index (χ0v) is 15.3. The number of rotatable bonds is 5. The van der Waals surface area contributed by atoms with Crippen LogP contribution in [0.25, 0.3) is 11.1 Å². The Hall–Kier alpha value is -3.15. The van der Waals surface area contributed by atoms with Crippen molar-refractivity contribution in [3.8, 4) is 11.1 Å². The maximum absolute atomic E-state index is 12.9. The third kappa shape index (κ3) is 3.69. The summed E-state index contributed by atoms with van der Waals surface area (Å²) in [5, 5.41) is 12.3. The van der Waals surface area contributed by atoms with Crippen LogP contribution in [0.3, 0.4) is 0 Å². The maximum atomic E-state index is 12.9. The number of likely N-dealkylation sites (tertiary alicyclic amines) is 1. The molecule has 2 N–H and O–H groups in total. The van der Waals surface area contributed by atoms with Crippen molar-refractivity contribution in [1.29, 1.82) is 0 Å². The molecule has 1 aliphatic heterocycles. The zero-order chi connectivity index (χ0) is 19.6. The Morgan fingerprint density at radius 3 is 2.15 bits per heavy atom. The summed E-state index contributed by atoms with van der Waals surface area (Å²) < 4.78 is 0. The van der Waals surface area contributed by atoms with Gasteiger partial charge in [0.15, 0.2) is 0 Å². The highest BCUT2D eigenvalue weighted by atomic mass is 16.4. The van der Waals surface area contributed by atoms with Crippen molar-refractivity contribution < 1.29 is 19.5 Å². The van der Waals surface area contributed by atoms with Crippen LogP contribution in [0.2, 0.25) is 0 Å². The molecule has 0 bridgehead atoms. The number of benzene rings is 2. The third-order valence-electron chi connectivity index (χ3n) is 4.79. The molecule has 3 rings (SSSR count). The van der Waals surface area contributed by atoms with Crippen LogP contribution in [0, 0.1) is 0 Å². The van der Waals surface area contributed by atoms with Gasteiger partial charge in [0.25, 0.3) is 5.91 Å². The number of amides is 2. The van der Waals surface area contributed by atoms with E-state index in [9.17, 15) is 19.5 Å². The van der Waals surface area contributed by atoms with Gasteiger partial charge < -0.3 is 15.3 Å². The normalized spacial score (nSPS) is 16.6. The molecule has 2 amide bonds. The molecule has 27 heavy (non-hydrogen) atoms. The topological polar surface area (TPSA) is 86.7 Å². The molecule has 2 aromatic carbocycles. The summed E-state index contributed by atoms with van der Waals surface area (Å²) in [7, 11) is 0. The SMILES string of the molecule is CC(C)N1CCC(NC(=O)c2ccccc2-c2ccccc2C(=O)O)C1=O. The van der Waals surface area contributed by atoms with Crippen LogP contribution in [0.5, 0.6) is 0 Å². The summed E-state index contributed by atoms with van der Waals surface area (Å²) in [5.74, 6) is -1.52. The molecule has 140 valence electrons. The quantitative estimate of drug-likeness (QED) is 0.852. The van der Waals surface area contributed by atoms with Crippen molar-refractivity contribution >= 4 is 17.8 Å². The number of carboxylic acids is 1. The van der Waals surface area contributed by atoms with Crippen LogP contribution in [0.1, 0.15) is 41.0 Å². The van der Waals surface area contributed by atoms with Gasteiger partial charge in [-0.2, -0.15) is 0 Å². The molecule has 0 radical (unpaired) electrons. The van der Waals surface area contributed by atoms with Crippen LogP contribution in [0.15, 0.2) is 48.5 Å². The molecule has 0 spiro atoms. The van der Waals surface area contributed by atoms with E-state index in [0.29, 0.717) is 29.7 Å². The van der Waals surface area contributed by atoms with E-state index in [1.54, 1.807) is 47.4 Å². The number of nitrogens with zero attached hydrogens (tertiary/aromatic N) is 1. The van der Waals surface area contributed by atoms with Crippen LogP contribution in [-0.4, -0.2) is 46.4 Å². The second-order valence-electron chi connectivity index (χ2n) is 6.84. The van der Waals surface area contributed by atoms with Crippen LogP contribution < -0.4 is 5.32 Å². The van der Waals surface area contributed by atoms with Crippen molar-refractivity contribution in [2.45, 2.75) is 32.4 Å². The Morgan fingerprint density at radius 1 is 1.04 bits per heavy atom. The van der Waals surface area contributed by atoms with Crippen LogP contribution >= 0.6 is 0 Å². The molecule has 1 unspecified atom stereocenters. The highest BCUT2D eigenvalue weighted by Gasteiger charge is 2.34. The molecule has 1 fully saturated rings. The van der Waals surface area contributed by atoms with Gasteiger partial charge in [-0.3, -0.25) is 9.59 Å². The lowest BCUT2D eigenvalue weighted by atomic mass is 9.95. The lowest BCUT2D eigenvalue weighted by Gasteiger charge is -2.21. The molecule has 2 aromatic rings. The summed E-state index contributed by atoms with van der Waals surface area (Å²) in [5.41, 5.74) is 1.47. The lowest BCUT2D eigenvalue weighted by molar-refractivity contribution is -0.130. The average Bonchev–Trinajstić information content (AvgIpc) is 3.02. The largest absolute Gasteiger partial charge is 0.478 e. The number of hydrogen-bond donors (Lipinski definition) is 2.